The minimum absolute atomic E-state index is 0. The Hall–Kier alpha value is -2.09. The number of hydrogen-bond acceptors (Lipinski definition) is 4. The van der Waals surface area contributed by atoms with Gasteiger partial charge in [0.2, 0.25) is 5.91 Å². The molecule has 152 valence electrons. The first-order valence-electron chi connectivity index (χ1n) is 9.07. The van der Waals surface area contributed by atoms with Crippen molar-refractivity contribution in [3.05, 3.63) is 53.6 Å². The van der Waals surface area contributed by atoms with Crippen molar-refractivity contribution in [3.63, 3.8) is 0 Å². The molecular weight excluding hydrogens is 398 g/mol. The molecule has 0 bridgehead atoms. The van der Waals surface area contributed by atoms with Crippen molar-refractivity contribution in [2.75, 3.05) is 16.6 Å². The van der Waals surface area contributed by atoms with Gasteiger partial charge in [0.05, 0.1) is 4.90 Å². The zero-order valence-electron chi connectivity index (χ0n) is 16.0. The highest BCUT2D eigenvalue weighted by Gasteiger charge is 2.20. The lowest BCUT2D eigenvalue weighted by atomic mass is 10.1. The maximum atomic E-state index is 12.8. The maximum absolute atomic E-state index is 12.8. The molecule has 1 aliphatic rings. The van der Waals surface area contributed by atoms with E-state index in [-0.39, 0.29) is 29.3 Å². The number of anilines is 2. The average molecular weight is 424 g/mol. The third-order valence-corrected chi connectivity index (χ3v) is 6.15. The standard InChI is InChI=1S/C20H25N3O3S.ClH/c1-14-5-3-6-18(11-14)23-27(25,26)19-12-17(9-8-15(19)2)22-20(24)13-16-7-4-10-21-16;/h3,5-6,8-9,11-12,16,21,23H,4,7,10,13H2,1-2H3,(H,22,24);1H. The van der Waals surface area contributed by atoms with E-state index in [2.05, 4.69) is 15.4 Å². The van der Waals surface area contributed by atoms with Crippen molar-refractivity contribution in [2.24, 2.45) is 0 Å². The number of benzene rings is 2. The molecule has 0 aromatic heterocycles. The van der Waals surface area contributed by atoms with Crippen LogP contribution in [0.5, 0.6) is 0 Å². The van der Waals surface area contributed by atoms with Crippen LogP contribution in [0.1, 0.15) is 30.4 Å². The van der Waals surface area contributed by atoms with Gasteiger partial charge < -0.3 is 10.6 Å². The van der Waals surface area contributed by atoms with Gasteiger partial charge in [-0.05, 0) is 68.6 Å². The van der Waals surface area contributed by atoms with Crippen molar-refractivity contribution in [3.8, 4) is 0 Å². The van der Waals surface area contributed by atoms with Gasteiger partial charge in [0.1, 0.15) is 0 Å². The molecule has 0 saturated carbocycles. The van der Waals surface area contributed by atoms with Gasteiger partial charge in [-0.25, -0.2) is 8.42 Å². The van der Waals surface area contributed by atoms with Gasteiger partial charge in [-0.2, -0.15) is 0 Å². The lowest BCUT2D eigenvalue weighted by molar-refractivity contribution is -0.116. The number of carbonyl (C=O) groups excluding carboxylic acids is 1. The zero-order valence-corrected chi connectivity index (χ0v) is 17.6. The Balaban J connectivity index is 0.00000280. The molecule has 2 aromatic rings. The molecule has 8 heteroatoms. The van der Waals surface area contributed by atoms with Crippen LogP contribution in [0.25, 0.3) is 0 Å². The summed E-state index contributed by atoms with van der Waals surface area (Å²) in [5, 5.41) is 6.09. The Bertz CT molecular complexity index is 941. The van der Waals surface area contributed by atoms with Gasteiger partial charge in [-0.1, -0.05) is 18.2 Å². The predicted molar refractivity (Wildman–Crippen MR) is 115 cm³/mol. The lowest BCUT2D eigenvalue weighted by Crippen LogP contribution is -2.27. The van der Waals surface area contributed by atoms with Gasteiger partial charge in [0.25, 0.3) is 10.0 Å². The topological polar surface area (TPSA) is 87.3 Å². The maximum Gasteiger partial charge on any atom is 0.262 e. The molecule has 1 saturated heterocycles. The highest BCUT2D eigenvalue weighted by Crippen LogP contribution is 2.24. The predicted octanol–water partition coefficient (Wildman–Crippen LogP) is 3.61. The molecule has 1 aliphatic heterocycles. The van der Waals surface area contributed by atoms with Crippen molar-refractivity contribution >= 4 is 39.7 Å². The van der Waals surface area contributed by atoms with E-state index in [1.54, 1.807) is 37.3 Å². The fraction of sp³-hybridized carbons (Fsp3) is 0.350. The third kappa shape index (κ3) is 5.70. The number of nitrogens with one attached hydrogen (secondary N) is 3. The minimum atomic E-state index is -3.76. The van der Waals surface area contributed by atoms with Crippen LogP contribution in [0.3, 0.4) is 0 Å². The molecule has 6 nitrogen and oxygen atoms in total. The van der Waals surface area contributed by atoms with Crippen molar-refractivity contribution in [2.45, 2.75) is 44.0 Å². The summed E-state index contributed by atoms with van der Waals surface area (Å²) in [7, 11) is -3.76. The molecule has 0 radical (unpaired) electrons. The molecule has 1 atom stereocenters. The van der Waals surface area contributed by atoms with E-state index in [9.17, 15) is 13.2 Å². The van der Waals surface area contributed by atoms with Crippen molar-refractivity contribution in [1.82, 2.24) is 5.32 Å². The Kier molecular flexibility index (Phi) is 7.46. The quantitative estimate of drug-likeness (QED) is 0.662. The number of hydrogen-bond donors (Lipinski definition) is 3. The molecule has 2 aromatic carbocycles. The number of aryl methyl sites for hydroxylation is 2. The van der Waals surface area contributed by atoms with Crippen LogP contribution < -0.4 is 15.4 Å². The molecule has 3 rings (SSSR count). The number of rotatable bonds is 6. The van der Waals surface area contributed by atoms with Crippen LogP contribution in [0.2, 0.25) is 0 Å². The van der Waals surface area contributed by atoms with Gasteiger partial charge in [0, 0.05) is 23.8 Å². The Morgan fingerprint density at radius 2 is 1.93 bits per heavy atom. The van der Waals surface area contributed by atoms with E-state index in [0.717, 1.165) is 24.9 Å². The first-order chi connectivity index (χ1) is 12.8. The van der Waals surface area contributed by atoms with Crippen molar-refractivity contribution in [1.29, 1.82) is 0 Å². The van der Waals surface area contributed by atoms with Crippen LogP contribution in [0.15, 0.2) is 47.4 Å². The second kappa shape index (κ2) is 9.41. The van der Waals surface area contributed by atoms with Crippen LogP contribution in [-0.4, -0.2) is 26.9 Å². The molecule has 1 amide bonds. The third-order valence-electron chi connectivity index (χ3n) is 4.63. The number of sulfonamides is 1. The molecular formula is C20H26ClN3O3S. The molecule has 0 aliphatic carbocycles. The summed E-state index contributed by atoms with van der Waals surface area (Å²) in [4.78, 5) is 12.4. The Labute approximate surface area is 172 Å². The van der Waals surface area contributed by atoms with Gasteiger partial charge in [0.15, 0.2) is 0 Å². The zero-order chi connectivity index (χ0) is 19.4. The molecule has 28 heavy (non-hydrogen) atoms. The summed E-state index contributed by atoms with van der Waals surface area (Å²) < 4.78 is 28.2. The first-order valence-corrected chi connectivity index (χ1v) is 10.6. The van der Waals surface area contributed by atoms with E-state index in [4.69, 9.17) is 0 Å². The van der Waals surface area contributed by atoms with E-state index >= 15 is 0 Å². The molecule has 3 N–H and O–H groups in total. The fourth-order valence-electron chi connectivity index (χ4n) is 3.25. The number of carbonyl (C=O) groups is 1. The van der Waals surface area contributed by atoms with E-state index in [1.807, 2.05) is 13.0 Å². The van der Waals surface area contributed by atoms with Crippen LogP contribution in [-0.2, 0) is 14.8 Å². The van der Waals surface area contributed by atoms with Gasteiger partial charge in [-0.3, -0.25) is 9.52 Å². The SMILES string of the molecule is Cc1cccc(NS(=O)(=O)c2cc(NC(=O)CC3CCCN3)ccc2C)c1.Cl. The van der Waals surface area contributed by atoms with Crippen molar-refractivity contribution < 1.29 is 13.2 Å². The second-order valence-corrected chi connectivity index (χ2v) is 8.65. The smallest absolute Gasteiger partial charge is 0.262 e. The summed E-state index contributed by atoms with van der Waals surface area (Å²) in [5.74, 6) is -0.117. The van der Waals surface area contributed by atoms with Crippen LogP contribution >= 0.6 is 12.4 Å². The summed E-state index contributed by atoms with van der Waals surface area (Å²) in [6.07, 6.45) is 2.45. The second-order valence-electron chi connectivity index (χ2n) is 7.00. The number of halogens is 1. The largest absolute Gasteiger partial charge is 0.326 e. The summed E-state index contributed by atoms with van der Waals surface area (Å²) in [6.45, 7) is 4.58. The molecule has 1 fully saturated rings. The molecule has 1 heterocycles. The summed E-state index contributed by atoms with van der Waals surface area (Å²) in [6, 6.07) is 12.3. The Morgan fingerprint density at radius 3 is 2.61 bits per heavy atom. The number of amides is 1. The van der Waals surface area contributed by atoms with E-state index in [1.165, 1.54) is 6.07 Å². The highest BCUT2D eigenvalue weighted by atomic mass is 35.5. The monoisotopic (exact) mass is 423 g/mol. The molecule has 0 spiro atoms. The van der Waals surface area contributed by atoms with Crippen LogP contribution in [0.4, 0.5) is 11.4 Å². The van der Waals surface area contributed by atoms with E-state index in [0.29, 0.717) is 23.4 Å². The van der Waals surface area contributed by atoms with Gasteiger partial charge >= 0.3 is 0 Å². The average Bonchev–Trinajstić information content (AvgIpc) is 3.09. The minimum Gasteiger partial charge on any atom is -0.326 e. The van der Waals surface area contributed by atoms with Gasteiger partial charge in [-0.15, -0.1) is 12.4 Å². The summed E-state index contributed by atoms with van der Waals surface area (Å²) >= 11 is 0. The fourth-order valence-corrected chi connectivity index (χ4v) is 4.57. The lowest BCUT2D eigenvalue weighted by Gasteiger charge is -2.14. The first kappa shape index (κ1) is 22.2. The van der Waals surface area contributed by atoms with E-state index < -0.39 is 10.0 Å². The Morgan fingerprint density at radius 1 is 1.14 bits per heavy atom. The van der Waals surface area contributed by atoms with Crippen LogP contribution in [0, 0.1) is 13.8 Å². The highest BCUT2D eigenvalue weighted by molar-refractivity contribution is 7.92. The normalized spacial score (nSPS) is 16.3. The summed E-state index contributed by atoms with van der Waals surface area (Å²) in [5.41, 5.74) is 2.57. The molecule has 1 unspecified atom stereocenters.